The third-order valence-corrected chi connectivity index (χ3v) is 3.85. The number of amides is 1. The number of halogens is 2. The van der Waals surface area contributed by atoms with E-state index in [1.807, 2.05) is 0 Å². The Morgan fingerprint density at radius 3 is 2.67 bits per heavy atom. The second-order valence-corrected chi connectivity index (χ2v) is 7.73. The van der Waals surface area contributed by atoms with E-state index in [0.717, 1.165) is 4.47 Å². The molecule has 0 saturated heterocycles. The Morgan fingerprint density at radius 2 is 2.08 bits per heavy atom. The van der Waals surface area contributed by atoms with Crippen molar-refractivity contribution in [3.05, 3.63) is 52.8 Å². The standard InChI is InChI=1S/C17H21BrFN3O2/c1-16(2,3)24-15(23)21-17(4,10-22-8-7-20-11-22)13-9-12(18)5-6-14(13)19/h5-9,11H,10H2,1-4H3,(H,21,23)/t17-/m0/s1. The van der Waals surface area contributed by atoms with Gasteiger partial charge < -0.3 is 14.6 Å². The van der Waals surface area contributed by atoms with Crippen LogP contribution in [0.5, 0.6) is 0 Å². The molecule has 2 rings (SSSR count). The van der Waals surface area contributed by atoms with Gasteiger partial charge >= 0.3 is 6.09 Å². The molecule has 0 fully saturated rings. The predicted molar refractivity (Wildman–Crippen MR) is 93.0 cm³/mol. The summed E-state index contributed by atoms with van der Waals surface area (Å²) in [7, 11) is 0. The van der Waals surface area contributed by atoms with Crippen molar-refractivity contribution in [1.82, 2.24) is 14.9 Å². The van der Waals surface area contributed by atoms with Crippen molar-refractivity contribution in [2.75, 3.05) is 0 Å². The number of imidazole rings is 1. The quantitative estimate of drug-likeness (QED) is 0.839. The van der Waals surface area contributed by atoms with E-state index in [2.05, 4.69) is 26.2 Å². The molecule has 1 heterocycles. The molecule has 1 amide bonds. The first kappa shape index (κ1) is 18.4. The first-order chi connectivity index (χ1) is 11.1. The lowest BCUT2D eigenvalue weighted by Crippen LogP contribution is -2.48. The Kier molecular flexibility index (Phi) is 5.32. The van der Waals surface area contributed by atoms with Gasteiger partial charge in [0.25, 0.3) is 0 Å². The molecule has 0 spiro atoms. The Hall–Kier alpha value is -1.89. The molecule has 1 N–H and O–H groups in total. The molecule has 0 unspecified atom stereocenters. The normalized spacial score (nSPS) is 14.1. The molecule has 1 atom stereocenters. The average Bonchev–Trinajstić information content (AvgIpc) is 2.91. The molecular weight excluding hydrogens is 377 g/mol. The van der Waals surface area contributed by atoms with Crippen LogP contribution in [-0.2, 0) is 16.8 Å². The summed E-state index contributed by atoms with van der Waals surface area (Å²) in [6.07, 6.45) is 4.39. The van der Waals surface area contributed by atoms with Gasteiger partial charge in [0.15, 0.2) is 0 Å². The molecule has 0 radical (unpaired) electrons. The van der Waals surface area contributed by atoms with E-state index in [1.54, 1.807) is 63.1 Å². The van der Waals surface area contributed by atoms with Crippen LogP contribution in [0.4, 0.5) is 9.18 Å². The molecule has 24 heavy (non-hydrogen) atoms. The minimum Gasteiger partial charge on any atom is -0.444 e. The smallest absolute Gasteiger partial charge is 0.408 e. The zero-order valence-electron chi connectivity index (χ0n) is 14.1. The number of hydrogen-bond acceptors (Lipinski definition) is 3. The summed E-state index contributed by atoms with van der Waals surface area (Å²) in [5.41, 5.74) is -1.30. The van der Waals surface area contributed by atoms with Gasteiger partial charge in [0.2, 0.25) is 0 Å². The molecule has 5 nitrogen and oxygen atoms in total. The number of nitrogens with zero attached hydrogens (tertiary/aromatic N) is 2. The van der Waals surface area contributed by atoms with Gasteiger partial charge in [-0.1, -0.05) is 15.9 Å². The Balaban J connectivity index is 2.37. The van der Waals surface area contributed by atoms with Crippen molar-refractivity contribution in [1.29, 1.82) is 0 Å². The van der Waals surface area contributed by atoms with Crippen molar-refractivity contribution in [3.8, 4) is 0 Å². The van der Waals surface area contributed by atoms with Crippen LogP contribution in [0.15, 0.2) is 41.4 Å². The average molecular weight is 398 g/mol. The van der Waals surface area contributed by atoms with Crippen molar-refractivity contribution < 1.29 is 13.9 Å². The fraction of sp³-hybridized carbons (Fsp3) is 0.412. The van der Waals surface area contributed by atoms with Gasteiger partial charge in [-0.05, 0) is 45.9 Å². The van der Waals surface area contributed by atoms with Crippen LogP contribution in [0, 0.1) is 5.82 Å². The molecule has 130 valence electrons. The number of nitrogens with one attached hydrogen (secondary N) is 1. The van der Waals surface area contributed by atoms with E-state index in [0.29, 0.717) is 12.1 Å². The van der Waals surface area contributed by atoms with Crippen molar-refractivity contribution in [2.45, 2.75) is 45.4 Å². The van der Waals surface area contributed by atoms with E-state index in [-0.39, 0.29) is 0 Å². The fourth-order valence-electron chi connectivity index (χ4n) is 2.39. The highest BCUT2D eigenvalue weighted by atomic mass is 79.9. The van der Waals surface area contributed by atoms with Crippen LogP contribution in [0.1, 0.15) is 33.3 Å². The zero-order valence-corrected chi connectivity index (χ0v) is 15.7. The van der Waals surface area contributed by atoms with Crippen LogP contribution in [0.2, 0.25) is 0 Å². The summed E-state index contributed by atoms with van der Waals surface area (Å²) < 4.78 is 22.3. The highest BCUT2D eigenvalue weighted by Gasteiger charge is 2.34. The number of rotatable bonds is 4. The van der Waals surface area contributed by atoms with Crippen LogP contribution in [0.25, 0.3) is 0 Å². The molecular formula is C17H21BrFN3O2. The fourth-order valence-corrected chi connectivity index (χ4v) is 2.75. The molecule has 1 aromatic carbocycles. The molecule has 0 bridgehead atoms. The number of carbonyl (C=O) groups excluding carboxylic acids is 1. The molecule has 1 aromatic heterocycles. The number of ether oxygens (including phenoxy) is 1. The molecule has 0 saturated carbocycles. The molecule has 0 aliphatic heterocycles. The van der Waals surface area contributed by atoms with E-state index in [4.69, 9.17) is 4.74 Å². The van der Waals surface area contributed by atoms with Crippen molar-refractivity contribution in [3.63, 3.8) is 0 Å². The molecule has 7 heteroatoms. The number of hydrogen-bond donors (Lipinski definition) is 1. The summed E-state index contributed by atoms with van der Waals surface area (Å²) in [5, 5.41) is 2.80. The summed E-state index contributed by atoms with van der Waals surface area (Å²) in [4.78, 5) is 16.3. The Bertz CT molecular complexity index is 713. The van der Waals surface area contributed by atoms with Gasteiger partial charge in [-0.25, -0.2) is 14.2 Å². The first-order valence-electron chi connectivity index (χ1n) is 7.51. The number of carbonyl (C=O) groups is 1. The zero-order chi connectivity index (χ0) is 18.0. The highest BCUT2D eigenvalue weighted by Crippen LogP contribution is 2.29. The van der Waals surface area contributed by atoms with Crippen molar-refractivity contribution >= 4 is 22.0 Å². The van der Waals surface area contributed by atoms with Gasteiger partial charge in [0.05, 0.1) is 18.4 Å². The Morgan fingerprint density at radius 1 is 1.38 bits per heavy atom. The summed E-state index contributed by atoms with van der Waals surface area (Å²) in [6, 6.07) is 4.63. The second-order valence-electron chi connectivity index (χ2n) is 6.82. The highest BCUT2D eigenvalue weighted by molar-refractivity contribution is 9.10. The van der Waals surface area contributed by atoms with Crippen LogP contribution < -0.4 is 5.32 Å². The number of aromatic nitrogens is 2. The Labute approximate surface area is 149 Å². The third kappa shape index (κ3) is 4.80. The maximum atomic E-state index is 14.4. The third-order valence-electron chi connectivity index (χ3n) is 3.36. The molecule has 0 aliphatic carbocycles. The lowest BCUT2D eigenvalue weighted by molar-refractivity contribution is 0.0448. The van der Waals surface area contributed by atoms with Crippen LogP contribution >= 0.6 is 15.9 Å². The predicted octanol–water partition coefficient (Wildman–Crippen LogP) is 4.22. The van der Waals surface area contributed by atoms with Crippen molar-refractivity contribution in [2.24, 2.45) is 0 Å². The number of alkyl carbamates (subject to hydrolysis) is 1. The van der Waals surface area contributed by atoms with E-state index in [1.165, 1.54) is 6.07 Å². The SMILES string of the molecule is CC(C)(C)OC(=O)N[C@@](C)(Cn1ccnc1)c1cc(Br)ccc1F. The largest absolute Gasteiger partial charge is 0.444 e. The lowest BCUT2D eigenvalue weighted by atomic mass is 9.91. The van der Waals surface area contributed by atoms with Gasteiger partial charge in [0, 0.05) is 22.4 Å². The summed E-state index contributed by atoms with van der Waals surface area (Å²) in [6.45, 7) is 7.39. The van der Waals surface area contributed by atoms with Crippen LogP contribution in [-0.4, -0.2) is 21.2 Å². The van der Waals surface area contributed by atoms with Gasteiger partial charge in [-0.3, -0.25) is 0 Å². The molecule has 0 aliphatic rings. The monoisotopic (exact) mass is 397 g/mol. The van der Waals surface area contributed by atoms with E-state index in [9.17, 15) is 9.18 Å². The topological polar surface area (TPSA) is 56.1 Å². The minimum absolute atomic E-state index is 0.305. The van der Waals surface area contributed by atoms with E-state index >= 15 is 0 Å². The number of benzene rings is 1. The summed E-state index contributed by atoms with van der Waals surface area (Å²) >= 11 is 3.35. The van der Waals surface area contributed by atoms with E-state index < -0.39 is 23.1 Å². The van der Waals surface area contributed by atoms with Gasteiger partial charge in [-0.15, -0.1) is 0 Å². The second kappa shape index (κ2) is 6.93. The molecule has 2 aromatic rings. The van der Waals surface area contributed by atoms with Gasteiger partial charge in [0.1, 0.15) is 11.4 Å². The lowest BCUT2D eigenvalue weighted by Gasteiger charge is -2.33. The van der Waals surface area contributed by atoms with Crippen LogP contribution in [0.3, 0.4) is 0 Å². The van der Waals surface area contributed by atoms with Gasteiger partial charge in [-0.2, -0.15) is 0 Å². The minimum atomic E-state index is -1.02. The first-order valence-corrected chi connectivity index (χ1v) is 8.31. The maximum absolute atomic E-state index is 14.4. The maximum Gasteiger partial charge on any atom is 0.408 e. The summed E-state index contributed by atoms with van der Waals surface area (Å²) in [5.74, 6) is -0.406.